The molecule has 0 spiro atoms. The van der Waals surface area contributed by atoms with Gasteiger partial charge in [0.25, 0.3) is 5.91 Å². The van der Waals surface area contributed by atoms with Gasteiger partial charge in [-0.2, -0.15) is 0 Å². The molecule has 1 heterocycles. The lowest BCUT2D eigenvalue weighted by molar-refractivity contribution is -0.123. The number of carbonyl (C=O) groups is 3. The number of anilines is 1. The summed E-state index contributed by atoms with van der Waals surface area (Å²) in [5.74, 6) is -2.57. The van der Waals surface area contributed by atoms with Crippen LogP contribution in [-0.4, -0.2) is 39.0 Å². The molecule has 42 heavy (non-hydrogen) atoms. The van der Waals surface area contributed by atoms with Gasteiger partial charge in [-0.15, -0.1) is 0 Å². The lowest BCUT2D eigenvalue weighted by Gasteiger charge is -2.15. The number of nitrogens with one attached hydrogen (secondary N) is 1. The summed E-state index contributed by atoms with van der Waals surface area (Å²) >= 11 is 6.10. The highest BCUT2D eigenvalue weighted by Gasteiger charge is 2.22. The fourth-order valence-electron chi connectivity index (χ4n) is 4.28. The quantitative estimate of drug-likeness (QED) is 0.197. The summed E-state index contributed by atoms with van der Waals surface area (Å²) in [4.78, 5) is 46.8. The molecule has 0 aliphatic heterocycles. The molecule has 8 nitrogen and oxygen atoms in total. The molecule has 5 aromatic rings. The topological polar surface area (TPSA) is 118 Å². The van der Waals surface area contributed by atoms with Crippen LogP contribution < -0.4 is 5.32 Å². The van der Waals surface area contributed by atoms with E-state index in [0.717, 1.165) is 27.9 Å². The number of hydrogen-bond donors (Lipinski definition) is 2. The van der Waals surface area contributed by atoms with Crippen molar-refractivity contribution in [2.75, 3.05) is 5.32 Å². The van der Waals surface area contributed by atoms with Crippen LogP contribution in [0.5, 0.6) is 0 Å². The van der Waals surface area contributed by atoms with E-state index in [2.05, 4.69) is 5.32 Å². The molecule has 0 radical (unpaired) electrons. The maximum Gasteiger partial charge on any atom is 0.338 e. The largest absolute Gasteiger partial charge is 0.478 e. The number of rotatable bonds is 7. The molecule has 4 aromatic carbocycles. The summed E-state index contributed by atoms with van der Waals surface area (Å²) in [5.41, 5.74) is 6.77. The summed E-state index contributed by atoms with van der Waals surface area (Å²) in [6, 6.07) is 24.8. The van der Waals surface area contributed by atoms with Crippen LogP contribution in [0, 0.1) is 13.8 Å². The molecule has 1 unspecified atom stereocenters. The molecule has 2 N–H and O–H groups in total. The van der Waals surface area contributed by atoms with Crippen LogP contribution in [-0.2, 0) is 9.53 Å². The molecule has 9 heteroatoms. The number of carbonyl (C=O) groups excluding carboxylic acids is 2. The zero-order chi connectivity index (χ0) is 30.0. The van der Waals surface area contributed by atoms with E-state index >= 15 is 0 Å². The highest BCUT2D eigenvalue weighted by atomic mass is 35.5. The first kappa shape index (κ1) is 28.4. The molecule has 0 aliphatic rings. The monoisotopic (exact) mass is 579 g/mol. The molecule has 1 aromatic heterocycles. The van der Waals surface area contributed by atoms with Crippen LogP contribution in [0.15, 0.2) is 84.9 Å². The first-order chi connectivity index (χ1) is 20.1. The third kappa shape index (κ3) is 6.14. The molecule has 0 bridgehead atoms. The van der Waals surface area contributed by atoms with Gasteiger partial charge in [-0.05, 0) is 57.2 Å². The Morgan fingerprint density at radius 1 is 0.762 bits per heavy atom. The van der Waals surface area contributed by atoms with Gasteiger partial charge in [0.1, 0.15) is 0 Å². The summed E-state index contributed by atoms with van der Waals surface area (Å²) in [6.45, 7) is 5.44. The zero-order valence-corrected chi connectivity index (χ0v) is 23.8. The van der Waals surface area contributed by atoms with Crippen LogP contribution in [0.1, 0.15) is 38.8 Å². The predicted octanol–water partition coefficient (Wildman–Crippen LogP) is 7.12. The Balaban J connectivity index is 1.42. The molecular weight excluding hydrogens is 554 g/mol. The van der Waals surface area contributed by atoms with E-state index in [1.807, 2.05) is 62.4 Å². The van der Waals surface area contributed by atoms with Crippen molar-refractivity contribution in [2.24, 2.45) is 0 Å². The molecular formula is C33H26ClN3O5. The molecule has 0 fully saturated rings. The summed E-state index contributed by atoms with van der Waals surface area (Å²) in [7, 11) is 0. The van der Waals surface area contributed by atoms with E-state index < -0.39 is 23.9 Å². The summed E-state index contributed by atoms with van der Waals surface area (Å²) < 4.78 is 5.41. The minimum atomic E-state index is -1.20. The van der Waals surface area contributed by atoms with Crippen molar-refractivity contribution in [2.45, 2.75) is 26.9 Å². The Morgan fingerprint density at radius 2 is 1.31 bits per heavy atom. The second-order valence-corrected chi connectivity index (χ2v) is 10.3. The van der Waals surface area contributed by atoms with E-state index in [0.29, 0.717) is 16.7 Å². The smallest absolute Gasteiger partial charge is 0.338 e. The number of halogens is 1. The van der Waals surface area contributed by atoms with Gasteiger partial charge < -0.3 is 15.2 Å². The maximum absolute atomic E-state index is 13.0. The Kier molecular flexibility index (Phi) is 7.99. The number of aromatic carboxylic acids is 1. The highest BCUT2D eigenvalue weighted by molar-refractivity contribution is 6.34. The number of hydrogen-bond acceptors (Lipinski definition) is 6. The van der Waals surface area contributed by atoms with E-state index in [-0.39, 0.29) is 21.8 Å². The van der Waals surface area contributed by atoms with E-state index in [4.69, 9.17) is 26.3 Å². The van der Waals surface area contributed by atoms with Gasteiger partial charge in [0.2, 0.25) is 0 Å². The first-order valence-electron chi connectivity index (χ1n) is 13.1. The van der Waals surface area contributed by atoms with Crippen molar-refractivity contribution in [1.29, 1.82) is 0 Å². The number of carboxylic acid groups (broad SMARTS) is 1. The van der Waals surface area contributed by atoms with Gasteiger partial charge in [-0.3, -0.25) is 4.79 Å². The van der Waals surface area contributed by atoms with Crippen LogP contribution in [0.4, 0.5) is 5.69 Å². The number of carboxylic acids is 1. The SMILES string of the molecule is Cc1ccc(-c2nc3ccc(C(=O)OC(C)C(=O)Nc4cc(C(=O)O)ccc4Cl)cc3nc2-c2ccc(C)cc2)cc1. The number of benzene rings is 4. The van der Waals surface area contributed by atoms with Gasteiger partial charge >= 0.3 is 11.9 Å². The lowest BCUT2D eigenvalue weighted by Crippen LogP contribution is -2.30. The van der Waals surface area contributed by atoms with E-state index in [1.54, 1.807) is 18.2 Å². The number of amides is 1. The van der Waals surface area contributed by atoms with E-state index in [9.17, 15) is 19.5 Å². The lowest BCUT2D eigenvalue weighted by atomic mass is 10.0. The summed E-state index contributed by atoms with van der Waals surface area (Å²) in [5, 5.41) is 11.9. The van der Waals surface area contributed by atoms with Crippen LogP contribution in [0.25, 0.3) is 33.5 Å². The van der Waals surface area contributed by atoms with Crippen molar-refractivity contribution >= 4 is 46.2 Å². The van der Waals surface area contributed by atoms with Crippen molar-refractivity contribution in [3.05, 3.63) is 112 Å². The van der Waals surface area contributed by atoms with Crippen LogP contribution in [0.3, 0.4) is 0 Å². The standard InChI is InChI=1S/C33H26ClN3O5/c1-18-4-8-21(9-5-18)29-30(22-10-6-19(2)7-11-22)36-28-17-24(13-15-26(28)35-29)33(41)42-20(3)31(38)37-27-16-23(32(39)40)12-14-25(27)34/h4-17,20H,1-3H3,(H,37,38)(H,39,40). The Bertz CT molecular complexity index is 1840. The second kappa shape index (κ2) is 11.8. The number of esters is 1. The number of nitrogens with zero attached hydrogens (tertiary/aromatic N) is 2. The minimum Gasteiger partial charge on any atom is -0.478 e. The Morgan fingerprint density at radius 3 is 1.88 bits per heavy atom. The second-order valence-electron chi connectivity index (χ2n) is 9.89. The van der Waals surface area contributed by atoms with Gasteiger partial charge in [-0.25, -0.2) is 19.6 Å². The summed E-state index contributed by atoms with van der Waals surface area (Å²) in [6.07, 6.45) is -1.20. The molecule has 0 aliphatic carbocycles. The maximum atomic E-state index is 13.0. The predicted molar refractivity (Wildman–Crippen MR) is 162 cm³/mol. The number of aromatic nitrogens is 2. The normalized spacial score (nSPS) is 11.6. The fourth-order valence-corrected chi connectivity index (χ4v) is 4.44. The molecule has 1 amide bonds. The van der Waals surface area contributed by atoms with Crippen LogP contribution >= 0.6 is 11.6 Å². The molecule has 0 saturated heterocycles. The molecule has 210 valence electrons. The van der Waals surface area contributed by atoms with Gasteiger partial charge in [0.15, 0.2) is 6.10 Å². The van der Waals surface area contributed by atoms with Crippen molar-refractivity contribution in [3.8, 4) is 22.5 Å². The van der Waals surface area contributed by atoms with Crippen molar-refractivity contribution in [1.82, 2.24) is 9.97 Å². The van der Waals surface area contributed by atoms with Gasteiger partial charge in [-0.1, -0.05) is 71.3 Å². The number of aryl methyl sites for hydroxylation is 2. The third-order valence-electron chi connectivity index (χ3n) is 6.67. The third-order valence-corrected chi connectivity index (χ3v) is 7.00. The molecule has 1 atom stereocenters. The molecule has 0 saturated carbocycles. The number of ether oxygens (including phenoxy) is 1. The average molecular weight is 580 g/mol. The minimum absolute atomic E-state index is 0.0489. The van der Waals surface area contributed by atoms with Crippen molar-refractivity contribution < 1.29 is 24.2 Å². The fraction of sp³-hybridized carbons (Fsp3) is 0.121. The Labute approximate surface area is 247 Å². The average Bonchev–Trinajstić information content (AvgIpc) is 2.98. The number of fused-ring (bicyclic) bond motifs is 1. The van der Waals surface area contributed by atoms with Crippen molar-refractivity contribution in [3.63, 3.8) is 0 Å². The first-order valence-corrected chi connectivity index (χ1v) is 13.5. The van der Waals surface area contributed by atoms with Gasteiger partial charge in [0.05, 0.1) is 44.3 Å². The van der Waals surface area contributed by atoms with Crippen LogP contribution in [0.2, 0.25) is 5.02 Å². The Hall–Kier alpha value is -5.08. The highest BCUT2D eigenvalue weighted by Crippen LogP contribution is 2.32. The van der Waals surface area contributed by atoms with E-state index in [1.165, 1.54) is 25.1 Å². The van der Waals surface area contributed by atoms with Gasteiger partial charge in [0, 0.05) is 11.1 Å². The zero-order valence-electron chi connectivity index (χ0n) is 23.0. The molecule has 5 rings (SSSR count).